The van der Waals surface area contributed by atoms with Crippen LogP contribution in [0.4, 0.5) is 4.39 Å². The molecule has 0 radical (unpaired) electrons. The lowest BCUT2D eigenvalue weighted by Gasteiger charge is -2.14. The van der Waals surface area contributed by atoms with Gasteiger partial charge in [-0.15, -0.1) is 0 Å². The lowest BCUT2D eigenvalue weighted by Crippen LogP contribution is -2.39. The third kappa shape index (κ3) is 5.95. The van der Waals surface area contributed by atoms with Crippen molar-refractivity contribution in [3.8, 4) is 0 Å². The normalized spacial score (nSPS) is 12.5. The number of esters is 1. The Labute approximate surface area is 127 Å². The summed E-state index contributed by atoms with van der Waals surface area (Å²) in [6, 6.07) is 4.03. The van der Waals surface area contributed by atoms with Gasteiger partial charge in [-0.25, -0.2) is 9.18 Å². The molecule has 0 bridgehead atoms. The van der Waals surface area contributed by atoms with Gasteiger partial charge in [0.25, 0.3) is 5.91 Å². The first-order valence-corrected chi connectivity index (χ1v) is 6.81. The molecule has 114 valence electrons. The smallest absolute Gasteiger partial charge is 0.331 e. The minimum Gasteiger partial charge on any atom is -0.449 e. The number of hydrogen-bond acceptors (Lipinski definition) is 3. The molecule has 0 saturated carbocycles. The highest BCUT2D eigenvalue weighted by Crippen LogP contribution is 2.16. The molecule has 0 unspecified atom stereocenters. The first-order valence-electron chi connectivity index (χ1n) is 6.43. The standard InChI is InChI=1S/C15H17ClFNO3/c1-9(2)18-15(20)10(3)21-14(19)7-5-11-4-6-13(17)12(16)8-11/h4-10H,1-3H3,(H,18,20)/b7-5+/t10-/m0/s1. The Morgan fingerprint density at radius 3 is 2.57 bits per heavy atom. The lowest BCUT2D eigenvalue weighted by molar-refractivity contribution is -0.150. The van der Waals surface area contributed by atoms with Crippen molar-refractivity contribution in [1.82, 2.24) is 5.32 Å². The lowest BCUT2D eigenvalue weighted by atomic mass is 10.2. The molecule has 0 aliphatic rings. The van der Waals surface area contributed by atoms with E-state index in [1.807, 2.05) is 13.8 Å². The van der Waals surface area contributed by atoms with E-state index in [1.54, 1.807) is 0 Å². The van der Waals surface area contributed by atoms with Gasteiger partial charge >= 0.3 is 5.97 Å². The summed E-state index contributed by atoms with van der Waals surface area (Å²) in [6.45, 7) is 5.10. The Balaban J connectivity index is 2.58. The first-order chi connectivity index (χ1) is 9.79. The average Bonchev–Trinajstić information content (AvgIpc) is 2.39. The Morgan fingerprint density at radius 2 is 2.00 bits per heavy atom. The van der Waals surface area contributed by atoms with E-state index in [0.717, 1.165) is 6.08 Å². The Kier molecular flexibility index (Phi) is 6.37. The fourth-order valence-corrected chi connectivity index (χ4v) is 1.64. The van der Waals surface area contributed by atoms with Crippen LogP contribution >= 0.6 is 11.6 Å². The third-order valence-electron chi connectivity index (χ3n) is 2.45. The highest BCUT2D eigenvalue weighted by Gasteiger charge is 2.16. The molecule has 0 heterocycles. The van der Waals surface area contributed by atoms with E-state index < -0.39 is 17.9 Å². The van der Waals surface area contributed by atoms with E-state index in [1.165, 1.54) is 31.2 Å². The zero-order valence-electron chi connectivity index (χ0n) is 12.0. The second-order valence-corrected chi connectivity index (χ2v) is 5.16. The fourth-order valence-electron chi connectivity index (χ4n) is 1.45. The molecule has 21 heavy (non-hydrogen) atoms. The molecule has 0 aliphatic heterocycles. The summed E-state index contributed by atoms with van der Waals surface area (Å²) in [6.07, 6.45) is 1.70. The molecule has 0 saturated heterocycles. The zero-order chi connectivity index (χ0) is 16.0. The number of carbonyl (C=O) groups is 2. The third-order valence-corrected chi connectivity index (χ3v) is 2.74. The van der Waals surface area contributed by atoms with Crippen molar-refractivity contribution in [1.29, 1.82) is 0 Å². The van der Waals surface area contributed by atoms with Crippen molar-refractivity contribution in [2.75, 3.05) is 0 Å². The van der Waals surface area contributed by atoms with E-state index in [0.29, 0.717) is 5.56 Å². The molecular formula is C15H17ClFNO3. The molecule has 1 aromatic carbocycles. The molecule has 0 aromatic heterocycles. The second kappa shape index (κ2) is 7.78. The van der Waals surface area contributed by atoms with Crippen molar-refractivity contribution in [3.63, 3.8) is 0 Å². The van der Waals surface area contributed by atoms with Crippen LogP contribution in [0.25, 0.3) is 6.08 Å². The van der Waals surface area contributed by atoms with Gasteiger partial charge in [0.1, 0.15) is 5.82 Å². The molecule has 4 nitrogen and oxygen atoms in total. The van der Waals surface area contributed by atoms with Crippen molar-refractivity contribution >= 4 is 29.6 Å². The summed E-state index contributed by atoms with van der Waals surface area (Å²) < 4.78 is 17.9. The molecule has 1 atom stereocenters. The quantitative estimate of drug-likeness (QED) is 0.671. The Morgan fingerprint density at radius 1 is 1.33 bits per heavy atom. The number of nitrogens with one attached hydrogen (secondary N) is 1. The van der Waals surface area contributed by atoms with E-state index >= 15 is 0 Å². The molecule has 1 aromatic rings. The van der Waals surface area contributed by atoms with Gasteiger partial charge in [0.15, 0.2) is 6.10 Å². The molecule has 0 spiro atoms. The maximum atomic E-state index is 13.0. The number of hydrogen-bond donors (Lipinski definition) is 1. The monoisotopic (exact) mass is 313 g/mol. The number of rotatable bonds is 5. The van der Waals surface area contributed by atoms with E-state index in [4.69, 9.17) is 16.3 Å². The molecule has 0 aliphatic carbocycles. The van der Waals surface area contributed by atoms with Crippen LogP contribution in [0.3, 0.4) is 0 Å². The largest absolute Gasteiger partial charge is 0.449 e. The molecule has 6 heteroatoms. The van der Waals surface area contributed by atoms with Gasteiger partial charge in [-0.05, 0) is 44.5 Å². The summed E-state index contributed by atoms with van der Waals surface area (Å²) in [4.78, 5) is 23.1. The molecule has 1 amide bonds. The van der Waals surface area contributed by atoms with E-state index in [2.05, 4.69) is 5.32 Å². The maximum Gasteiger partial charge on any atom is 0.331 e. The van der Waals surface area contributed by atoms with Crippen LogP contribution in [0.2, 0.25) is 5.02 Å². The predicted octanol–water partition coefficient (Wildman–Crippen LogP) is 2.95. The highest BCUT2D eigenvalue weighted by molar-refractivity contribution is 6.30. The van der Waals surface area contributed by atoms with Crippen LogP contribution in [0.1, 0.15) is 26.3 Å². The summed E-state index contributed by atoms with van der Waals surface area (Å²) >= 11 is 5.63. The summed E-state index contributed by atoms with van der Waals surface area (Å²) in [5.74, 6) is -1.56. The van der Waals surface area contributed by atoms with Gasteiger partial charge in [0, 0.05) is 12.1 Å². The number of halogens is 2. The van der Waals surface area contributed by atoms with Gasteiger partial charge in [-0.2, -0.15) is 0 Å². The van der Waals surface area contributed by atoms with E-state index in [9.17, 15) is 14.0 Å². The summed E-state index contributed by atoms with van der Waals surface area (Å²) in [7, 11) is 0. The number of benzene rings is 1. The Bertz CT molecular complexity index is 558. The minimum atomic E-state index is -0.888. The minimum absolute atomic E-state index is 0.0319. The van der Waals surface area contributed by atoms with Crippen LogP contribution < -0.4 is 5.32 Å². The van der Waals surface area contributed by atoms with E-state index in [-0.39, 0.29) is 17.0 Å². The number of carbonyl (C=O) groups excluding carboxylic acids is 2. The van der Waals surface area contributed by atoms with Gasteiger partial charge in [-0.1, -0.05) is 17.7 Å². The van der Waals surface area contributed by atoms with Crippen molar-refractivity contribution < 1.29 is 18.7 Å². The number of ether oxygens (including phenoxy) is 1. The van der Waals surface area contributed by atoms with Gasteiger partial charge in [-0.3, -0.25) is 4.79 Å². The SMILES string of the molecule is CC(C)NC(=O)[C@H](C)OC(=O)/C=C/c1ccc(F)c(Cl)c1. The average molecular weight is 314 g/mol. The van der Waals surface area contributed by atoms with Crippen LogP contribution in [0, 0.1) is 5.82 Å². The second-order valence-electron chi connectivity index (χ2n) is 4.75. The summed E-state index contributed by atoms with van der Waals surface area (Å²) in [5.41, 5.74) is 0.553. The predicted molar refractivity (Wildman–Crippen MR) is 79.3 cm³/mol. The van der Waals surface area contributed by atoms with Crippen molar-refractivity contribution in [3.05, 3.63) is 40.7 Å². The van der Waals surface area contributed by atoms with Crippen LogP contribution in [-0.2, 0) is 14.3 Å². The zero-order valence-corrected chi connectivity index (χ0v) is 12.8. The van der Waals surface area contributed by atoms with Gasteiger partial charge in [0.2, 0.25) is 0 Å². The fraction of sp³-hybridized carbons (Fsp3) is 0.333. The van der Waals surface area contributed by atoms with Gasteiger partial charge < -0.3 is 10.1 Å². The van der Waals surface area contributed by atoms with Crippen LogP contribution in [0.15, 0.2) is 24.3 Å². The molecule has 1 N–H and O–H groups in total. The maximum absolute atomic E-state index is 13.0. The van der Waals surface area contributed by atoms with Crippen molar-refractivity contribution in [2.45, 2.75) is 32.9 Å². The molecular weight excluding hydrogens is 297 g/mol. The Hall–Kier alpha value is -1.88. The van der Waals surface area contributed by atoms with Crippen molar-refractivity contribution in [2.24, 2.45) is 0 Å². The summed E-state index contributed by atoms with van der Waals surface area (Å²) in [5, 5.41) is 2.60. The highest BCUT2D eigenvalue weighted by atomic mass is 35.5. The van der Waals surface area contributed by atoms with Crippen LogP contribution in [0.5, 0.6) is 0 Å². The first kappa shape index (κ1) is 17.2. The topological polar surface area (TPSA) is 55.4 Å². The molecule has 0 fully saturated rings. The number of amides is 1. The van der Waals surface area contributed by atoms with Crippen LogP contribution in [-0.4, -0.2) is 24.0 Å². The van der Waals surface area contributed by atoms with Gasteiger partial charge in [0.05, 0.1) is 5.02 Å². The molecule has 1 rings (SSSR count).